The Morgan fingerprint density at radius 1 is 1.44 bits per heavy atom. The van der Waals surface area contributed by atoms with E-state index in [2.05, 4.69) is 9.72 Å². The number of methoxy groups -OCH3 is 1. The maximum atomic E-state index is 11.4. The van der Waals surface area contributed by atoms with Crippen molar-refractivity contribution in [1.82, 2.24) is 4.98 Å². The molecule has 1 aromatic rings. The van der Waals surface area contributed by atoms with E-state index in [0.717, 1.165) is 18.5 Å². The van der Waals surface area contributed by atoms with Crippen molar-refractivity contribution in [3.63, 3.8) is 0 Å². The fourth-order valence-electron chi connectivity index (χ4n) is 2.18. The van der Waals surface area contributed by atoms with Crippen molar-refractivity contribution in [2.24, 2.45) is 0 Å². The number of halogens is 1. The van der Waals surface area contributed by atoms with Gasteiger partial charge < -0.3 is 4.74 Å². The Labute approximate surface area is 99.8 Å². The van der Waals surface area contributed by atoms with Gasteiger partial charge in [0.1, 0.15) is 5.15 Å². The molecule has 0 saturated heterocycles. The van der Waals surface area contributed by atoms with Crippen LogP contribution in [0.2, 0.25) is 5.15 Å². The van der Waals surface area contributed by atoms with Crippen molar-refractivity contribution < 1.29 is 9.53 Å². The highest BCUT2D eigenvalue weighted by atomic mass is 35.5. The van der Waals surface area contributed by atoms with E-state index in [-0.39, 0.29) is 5.97 Å². The summed E-state index contributed by atoms with van der Waals surface area (Å²) in [5.74, 6) is 0.0886. The van der Waals surface area contributed by atoms with Gasteiger partial charge in [-0.05, 0) is 25.0 Å². The fraction of sp³-hybridized carbons (Fsp3) is 0.500. The van der Waals surface area contributed by atoms with Crippen molar-refractivity contribution in [1.29, 1.82) is 0 Å². The van der Waals surface area contributed by atoms with Crippen LogP contribution in [0.1, 0.15) is 47.7 Å². The standard InChI is InChI=1S/C12H14ClNO2/c1-16-12(15)9-6-10(14-11(13)7-9)8-4-2-3-5-8/h6-8H,2-5H2,1H3. The molecule has 1 aliphatic rings. The molecule has 1 heterocycles. The first-order valence-corrected chi connectivity index (χ1v) is 5.84. The number of nitrogens with zero attached hydrogens (tertiary/aromatic N) is 1. The lowest BCUT2D eigenvalue weighted by Gasteiger charge is -2.10. The minimum atomic E-state index is -0.358. The van der Waals surface area contributed by atoms with Gasteiger partial charge in [-0.3, -0.25) is 0 Å². The first-order valence-electron chi connectivity index (χ1n) is 5.46. The highest BCUT2D eigenvalue weighted by Crippen LogP contribution is 2.34. The summed E-state index contributed by atoms with van der Waals surface area (Å²) in [4.78, 5) is 15.7. The van der Waals surface area contributed by atoms with E-state index in [4.69, 9.17) is 11.6 Å². The van der Waals surface area contributed by atoms with E-state index in [1.807, 2.05) is 0 Å². The average molecular weight is 240 g/mol. The Morgan fingerprint density at radius 3 is 2.75 bits per heavy atom. The Bertz CT molecular complexity index is 400. The number of carbonyl (C=O) groups excluding carboxylic acids is 1. The van der Waals surface area contributed by atoms with Crippen LogP contribution in [0.15, 0.2) is 12.1 Å². The fourth-order valence-corrected chi connectivity index (χ4v) is 2.40. The van der Waals surface area contributed by atoms with E-state index >= 15 is 0 Å². The van der Waals surface area contributed by atoms with Crippen LogP contribution in [0, 0.1) is 0 Å². The van der Waals surface area contributed by atoms with Crippen LogP contribution >= 0.6 is 11.6 Å². The molecule has 1 aromatic heterocycles. The van der Waals surface area contributed by atoms with Crippen molar-refractivity contribution in [3.05, 3.63) is 28.5 Å². The second kappa shape index (κ2) is 4.83. The van der Waals surface area contributed by atoms with Gasteiger partial charge >= 0.3 is 5.97 Å². The highest BCUT2D eigenvalue weighted by Gasteiger charge is 2.20. The number of aromatic nitrogens is 1. The average Bonchev–Trinajstić information content (AvgIpc) is 2.80. The minimum absolute atomic E-state index is 0.358. The summed E-state index contributed by atoms with van der Waals surface area (Å²) < 4.78 is 4.68. The van der Waals surface area contributed by atoms with Crippen molar-refractivity contribution in [2.75, 3.05) is 7.11 Å². The second-order valence-electron chi connectivity index (χ2n) is 4.08. The zero-order chi connectivity index (χ0) is 11.5. The molecule has 0 spiro atoms. The van der Waals surface area contributed by atoms with Crippen LogP contribution in [0.4, 0.5) is 0 Å². The summed E-state index contributed by atoms with van der Waals surface area (Å²) in [7, 11) is 1.37. The summed E-state index contributed by atoms with van der Waals surface area (Å²) in [5, 5.41) is 0.366. The summed E-state index contributed by atoms with van der Waals surface area (Å²) in [5.41, 5.74) is 1.41. The van der Waals surface area contributed by atoms with E-state index in [1.165, 1.54) is 20.0 Å². The van der Waals surface area contributed by atoms with Gasteiger partial charge in [0.05, 0.1) is 12.7 Å². The maximum absolute atomic E-state index is 11.4. The normalized spacial score (nSPS) is 16.4. The van der Waals surface area contributed by atoms with Crippen molar-refractivity contribution >= 4 is 17.6 Å². The van der Waals surface area contributed by atoms with Crippen LogP contribution in [0.5, 0.6) is 0 Å². The smallest absolute Gasteiger partial charge is 0.338 e. The Hall–Kier alpha value is -1.09. The first-order chi connectivity index (χ1) is 7.70. The third-order valence-electron chi connectivity index (χ3n) is 3.01. The number of esters is 1. The van der Waals surface area contributed by atoms with E-state index in [9.17, 15) is 4.79 Å². The summed E-state index contributed by atoms with van der Waals surface area (Å²) >= 11 is 5.91. The van der Waals surface area contributed by atoms with E-state index < -0.39 is 0 Å². The van der Waals surface area contributed by atoms with Crippen molar-refractivity contribution in [2.45, 2.75) is 31.6 Å². The monoisotopic (exact) mass is 239 g/mol. The number of ether oxygens (including phenoxy) is 1. The molecule has 1 aliphatic carbocycles. The molecular formula is C12H14ClNO2. The van der Waals surface area contributed by atoms with Crippen LogP contribution < -0.4 is 0 Å². The lowest BCUT2D eigenvalue weighted by Crippen LogP contribution is -2.05. The first kappa shape index (κ1) is 11.4. The third kappa shape index (κ3) is 2.35. The lowest BCUT2D eigenvalue weighted by atomic mass is 10.0. The van der Waals surface area contributed by atoms with Gasteiger partial charge in [-0.25, -0.2) is 9.78 Å². The lowest BCUT2D eigenvalue weighted by molar-refractivity contribution is 0.0600. The highest BCUT2D eigenvalue weighted by molar-refractivity contribution is 6.29. The molecule has 0 radical (unpaired) electrons. The van der Waals surface area contributed by atoms with Gasteiger partial charge in [0, 0.05) is 11.6 Å². The number of hydrogen-bond acceptors (Lipinski definition) is 3. The molecule has 0 aliphatic heterocycles. The van der Waals surface area contributed by atoms with Gasteiger partial charge in [0.15, 0.2) is 0 Å². The molecule has 86 valence electrons. The van der Waals surface area contributed by atoms with Gasteiger partial charge in [0.25, 0.3) is 0 Å². The summed E-state index contributed by atoms with van der Waals surface area (Å²) in [6.07, 6.45) is 4.72. The molecule has 0 unspecified atom stereocenters. The minimum Gasteiger partial charge on any atom is -0.465 e. The Kier molecular flexibility index (Phi) is 3.44. The van der Waals surface area contributed by atoms with Crippen LogP contribution in [0.25, 0.3) is 0 Å². The zero-order valence-corrected chi connectivity index (χ0v) is 9.96. The molecule has 0 aromatic carbocycles. The molecule has 16 heavy (non-hydrogen) atoms. The summed E-state index contributed by atoms with van der Waals surface area (Å²) in [6, 6.07) is 3.35. The number of hydrogen-bond donors (Lipinski definition) is 0. The van der Waals surface area contributed by atoms with Gasteiger partial charge in [0.2, 0.25) is 0 Å². The molecule has 0 amide bonds. The molecule has 0 N–H and O–H groups in total. The molecule has 2 rings (SSSR count). The number of carbonyl (C=O) groups is 1. The van der Waals surface area contributed by atoms with Crippen LogP contribution in [0.3, 0.4) is 0 Å². The van der Waals surface area contributed by atoms with Gasteiger partial charge in [-0.2, -0.15) is 0 Å². The van der Waals surface area contributed by atoms with E-state index in [0.29, 0.717) is 16.6 Å². The van der Waals surface area contributed by atoms with Crippen LogP contribution in [-0.4, -0.2) is 18.1 Å². The van der Waals surface area contributed by atoms with Crippen LogP contribution in [-0.2, 0) is 4.74 Å². The zero-order valence-electron chi connectivity index (χ0n) is 9.20. The molecule has 0 bridgehead atoms. The van der Waals surface area contributed by atoms with Gasteiger partial charge in [-0.15, -0.1) is 0 Å². The predicted molar refractivity (Wildman–Crippen MR) is 61.8 cm³/mol. The molecule has 1 fully saturated rings. The third-order valence-corrected chi connectivity index (χ3v) is 3.20. The second-order valence-corrected chi connectivity index (χ2v) is 4.46. The molecule has 0 atom stereocenters. The quantitative estimate of drug-likeness (QED) is 0.588. The molecule has 4 heteroatoms. The molecular weight excluding hydrogens is 226 g/mol. The SMILES string of the molecule is COC(=O)c1cc(Cl)nc(C2CCCC2)c1. The van der Waals surface area contributed by atoms with Gasteiger partial charge in [-0.1, -0.05) is 24.4 Å². The number of rotatable bonds is 2. The predicted octanol–water partition coefficient (Wildman–Crippen LogP) is 3.18. The number of pyridine rings is 1. The van der Waals surface area contributed by atoms with Crippen molar-refractivity contribution in [3.8, 4) is 0 Å². The Morgan fingerprint density at radius 2 is 2.12 bits per heavy atom. The topological polar surface area (TPSA) is 39.2 Å². The summed E-state index contributed by atoms with van der Waals surface area (Å²) in [6.45, 7) is 0. The molecule has 1 saturated carbocycles. The largest absolute Gasteiger partial charge is 0.465 e. The van der Waals surface area contributed by atoms with E-state index in [1.54, 1.807) is 12.1 Å². The Balaban J connectivity index is 2.31. The maximum Gasteiger partial charge on any atom is 0.338 e. The molecule has 3 nitrogen and oxygen atoms in total.